The molecule has 26 heavy (non-hydrogen) atoms. The van der Waals surface area contributed by atoms with Crippen LogP contribution in [0.2, 0.25) is 0 Å². The molecule has 4 aliphatic carbocycles. The van der Waals surface area contributed by atoms with Gasteiger partial charge in [0.1, 0.15) is 0 Å². The molecule has 1 amide bonds. The van der Waals surface area contributed by atoms with Crippen LogP contribution in [0.4, 0.5) is 10.3 Å². The Kier molecular flexibility index (Phi) is 4.59. The lowest BCUT2D eigenvalue weighted by Crippen LogP contribution is -2.53. The summed E-state index contributed by atoms with van der Waals surface area (Å²) in [5, 5.41) is 3.37. The van der Waals surface area contributed by atoms with Crippen LogP contribution < -0.4 is 11.1 Å². The minimum atomic E-state index is -1.21. The molecule has 3 N–H and O–H groups in total. The Morgan fingerprint density at radius 2 is 2.08 bits per heavy atom. The van der Waals surface area contributed by atoms with E-state index in [0.717, 1.165) is 43.7 Å². The number of carbonyl (C=O) groups is 1. The molecular weight excluding hydrogens is 335 g/mol. The molecule has 142 valence electrons. The van der Waals surface area contributed by atoms with Gasteiger partial charge in [-0.3, -0.25) is 4.79 Å². The van der Waals surface area contributed by atoms with Crippen molar-refractivity contribution in [3.8, 4) is 0 Å². The topological polar surface area (TPSA) is 90.1 Å². The van der Waals surface area contributed by atoms with E-state index >= 15 is 0 Å². The third-order valence-corrected chi connectivity index (χ3v) is 6.23. The number of aromatic nitrogens is 2. The number of amides is 1. The average molecular weight is 362 g/mol. The van der Waals surface area contributed by atoms with Gasteiger partial charge in [-0.05, 0) is 69.6 Å². The second-order valence-corrected chi connectivity index (χ2v) is 8.37. The molecule has 4 saturated carbocycles. The highest BCUT2D eigenvalue weighted by Gasteiger charge is 2.56. The summed E-state index contributed by atoms with van der Waals surface area (Å²) in [6.45, 7) is 1.42. The third kappa shape index (κ3) is 3.54. The molecule has 5 rings (SSSR count). The molecule has 1 aromatic heterocycles. The van der Waals surface area contributed by atoms with E-state index in [2.05, 4.69) is 15.3 Å². The van der Waals surface area contributed by atoms with E-state index in [1.807, 2.05) is 0 Å². The molecule has 1 aromatic rings. The fraction of sp³-hybridized carbons (Fsp3) is 0.737. The van der Waals surface area contributed by atoms with E-state index in [1.165, 1.54) is 26.2 Å². The van der Waals surface area contributed by atoms with Gasteiger partial charge in [0.05, 0.1) is 17.4 Å². The van der Waals surface area contributed by atoms with Crippen LogP contribution in [0.25, 0.3) is 0 Å². The van der Waals surface area contributed by atoms with Crippen molar-refractivity contribution in [2.75, 3.05) is 5.32 Å². The van der Waals surface area contributed by atoms with Gasteiger partial charge in [0.2, 0.25) is 5.95 Å². The van der Waals surface area contributed by atoms with Gasteiger partial charge in [-0.25, -0.2) is 14.4 Å². The molecule has 0 saturated heterocycles. The third-order valence-electron chi connectivity index (χ3n) is 6.23. The first-order valence-corrected chi connectivity index (χ1v) is 9.64. The van der Waals surface area contributed by atoms with E-state index < -0.39 is 12.3 Å². The molecule has 4 fully saturated rings. The average Bonchev–Trinajstić information content (AvgIpc) is 2.51. The van der Waals surface area contributed by atoms with Gasteiger partial charge in [0, 0.05) is 12.2 Å². The fourth-order valence-electron chi connectivity index (χ4n) is 4.85. The predicted molar refractivity (Wildman–Crippen MR) is 95.3 cm³/mol. The van der Waals surface area contributed by atoms with Crippen LogP contribution in [0.3, 0.4) is 0 Å². The van der Waals surface area contributed by atoms with Crippen molar-refractivity contribution in [3.05, 3.63) is 17.5 Å². The largest absolute Gasteiger partial charge is 0.365 e. The minimum Gasteiger partial charge on any atom is -0.365 e. The number of anilines is 1. The van der Waals surface area contributed by atoms with E-state index in [-0.39, 0.29) is 12.1 Å². The summed E-state index contributed by atoms with van der Waals surface area (Å²) in [6, 6.07) is 0.243. The molecule has 0 radical (unpaired) electrons. The van der Waals surface area contributed by atoms with Crippen LogP contribution in [0.5, 0.6) is 0 Å². The number of alkyl halides is 1. The summed E-state index contributed by atoms with van der Waals surface area (Å²) in [4.78, 5) is 20.7. The zero-order valence-electron chi connectivity index (χ0n) is 15.2. The molecule has 4 aliphatic rings. The van der Waals surface area contributed by atoms with Crippen molar-refractivity contribution in [3.63, 3.8) is 0 Å². The number of hydrogen-bond donors (Lipinski definition) is 2. The predicted octanol–water partition coefficient (Wildman–Crippen LogP) is 2.97. The Labute approximate surface area is 153 Å². The maximum atomic E-state index is 13.0. The first-order chi connectivity index (χ1) is 12.4. The zero-order valence-corrected chi connectivity index (χ0v) is 15.2. The van der Waals surface area contributed by atoms with E-state index in [1.54, 1.807) is 6.20 Å². The van der Waals surface area contributed by atoms with Gasteiger partial charge < -0.3 is 15.8 Å². The Morgan fingerprint density at radius 1 is 1.38 bits per heavy atom. The highest BCUT2D eigenvalue weighted by Crippen LogP contribution is 2.65. The number of rotatable bonds is 7. The summed E-state index contributed by atoms with van der Waals surface area (Å²) in [5.41, 5.74) is 7.07. The second-order valence-electron chi connectivity index (χ2n) is 8.37. The van der Waals surface area contributed by atoms with Gasteiger partial charge in [-0.2, -0.15) is 0 Å². The van der Waals surface area contributed by atoms with E-state index in [9.17, 15) is 9.18 Å². The number of carbonyl (C=O) groups excluding carboxylic acids is 1. The second kappa shape index (κ2) is 6.76. The van der Waals surface area contributed by atoms with Crippen LogP contribution in [0, 0.1) is 11.3 Å². The molecule has 0 aliphatic heterocycles. The lowest BCUT2D eigenvalue weighted by molar-refractivity contribution is -0.105. The molecule has 7 heteroatoms. The lowest BCUT2D eigenvalue weighted by atomic mass is 9.43. The van der Waals surface area contributed by atoms with Crippen LogP contribution in [-0.2, 0) is 11.2 Å². The van der Waals surface area contributed by atoms with Crippen LogP contribution in [0.15, 0.2) is 6.20 Å². The summed E-state index contributed by atoms with van der Waals surface area (Å²) >= 11 is 0. The molecule has 1 heterocycles. The quantitative estimate of drug-likeness (QED) is 0.778. The van der Waals surface area contributed by atoms with E-state index in [0.29, 0.717) is 16.9 Å². The molecule has 6 nitrogen and oxygen atoms in total. The Bertz CT molecular complexity index is 671. The highest BCUT2D eigenvalue weighted by molar-refractivity contribution is 5.93. The number of hydrogen-bond acceptors (Lipinski definition) is 5. The molecule has 0 spiro atoms. The van der Waals surface area contributed by atoms with Gasteiger partial charge in [-0.15, -0.1) is 0 Å². The SMILES string of the molecule is CC(F)OC1CCC(Nc2ncc(C(N)=O)c(CC34CC(C3)C4)n2)CC1. The summed E-state index contributed by atoms with van der Waals surface area (Å²) in [6.07, 6.45) is 8.30. The monoisotopic (exact) mass is 362 g/mol. The standard InChI is InChI=1S/C19H27FN4O2/c1-11(20)26-14-4-2-13(3-5-14)23-18-22-10-15(17(21)25)16(24-18)9-19-6-12(7-19)8-19/h10-14H,2-9H2,1H3,(H2,21,25)(H,22,23,24). The van der Waals surface area contributed by atoms with Crippen LogP contribution >= 0.6 is 0 Å². The number of halogens is 1. The Morgan fingerprint density at radius 3 is 2.62 bits per heavy atom. The summed E-state index contributed by atoms with van der Waals surface area (Å²) in [7, 11) is 0. The first kappa shape index (κ1) is 17.6. The fourth-order valence-corrected chi connectivity index (χ4v) is 4.85. The van der Waals surface area contributed by atoms with Crippen molar-refractivity contribution in [1.29, 1.82) is 0 Å². The van der Waals surface area contributed by atoms with Gasteiger partial charge in [-0.1, -0.05) is 0 Å². The molecule has 1 unspecified atom stereocenters. The van der Waals surface area contributed by atoms with Crippen molar-refractivity contribution >= 4 is 11.9 Å². The minimum absolute atomic E-state index is 0.00829. The molecule has 1 atom stereocenters. The number of nitrogens with one attached hydrogen (secondary N) is 1. The smallest absolute Gasteiger partial charge is 0.252 e. The molecule has 2 bridgehead atoms. The Hall–Kier alpha value is -1.76. The van der Waals surface area contributed by atoms with Gasteiger partial charge in [0.15, 0.2) is 6.36 Å². The summed E-state index contributed by atoms with van der Waals surface area (Å²) in [5.74, 6) is 0.979. The first-order valence-electron chi connectivity index (χ1n) is 9.64. The van der Waals surface area contributed by atoms with Crippen molar-refractivity contribution < 1.29 is 13.9 Å². The molecular formula is C19H27FN4O2. The van der Waals surface area contributed by atoms with Crippen molar-refractivity contribution in [1.82, 2.24) is 9.97 Å². The number of primary amides is 1. The lowest BCUT2D eigenvalue weighted by Gasteiger charge is -2.62. The van der Waals surface area contributed by atoms with E-state index in [4.69, 9.17) is 10.5 Å². The van der Waals surface area contributed by atoms with Gasteiger partial charge >= 0.3 is 0 Å². The normalized spacial score (nSPS) is 33.7. The highest BCUT2D eigenvalue weighted by atomic mass is 19.1. The number of nitrogens with two attached hydrogens (primary N) is 1. The van der Waals surface area contributed by atoms with Crippen molar-refractivity contribution in [2.24, 2.45) is 17.1 Å². The number of ether oxygens (including phenoxy) is 1. The van der Waals surface area contributed by atoms with Crippen LogP contribution in [0.1, 0.15) is 67.9 Å². The zero-order chi connectivity index (χ0) is 18.3. The number of nitrogens with zero attached hydrogens (tertiary/aromatic N) is 2. The molecule has 0 aromatic carbocycles. The summed E-state index contributed by atoms with van der Waals surface area (Å²) < 4.78 is 18.2. The van der Waals surface area contributed by atoms with Gasteiger partial charge in [0.25, 0.3) is 5.91 Å². The maximum absolute atomic E-state index is 13.0. The van der Waals surface area contributed by atoms with Crippen LogP contribution in [-0.4, -0.2) is 34.4 Å². The maximum Gasteiger partial charge on any atom is 0.252 e. The van der Waals surface area contributed by atoms with Crippen molar-refractivity contribution in [2.45, 2.75) is 76.8 Å². The Balaban J connectivity index is 1.40.